The van der Waals surface area contributed by atoms with Crippen LogP contribution in [0.5, 0.6) is 0 Å². The Balaban J connectivity index is 2.29. The van der Waals surface area contributed by atoms with Gasteiger partial charge in [0.2, 0.25) is 11.8 Å². The van der Waals surface area contributed by atoms with Gasteiger partial charge in [-0.15, -0.1) is 0 Å². The van der Waals surface area contributed by atoms with E-state index in [0.717, 1.165) is 25.7 Å². The van der Waals surface area contributed by atoms with Crippen LogP contribution in [0, 0.1) is 11.8 Å². The van der Waals surface area contributed by atoms with Crippen molar-refractivity contribution in [2.24, 2.45) is 11.8 Å². The normalized spacial score (nSPS) is 17.6. The minimum absolute atomic E-state index is 0.0917. The van der Waals surface area contributed by atoms with Crippen molar-refractivity contribution in [1.82, 2.24) is 15.5 Å². The number of carbonyl (C=O) groups excluding carboxylic acids is 2. The van der Waals surface area contributed by atoms with Gasteiger partial charge in [-0.2, -0.15) is 0 Å². The van der Waals surface area contributed by atoms with Gasteiger partial charge in [0, 0.05) is 26.2 Å². The second-order valence-corrected chi connectivity index (χ2v) is 9.93. The summed E-state index contributed by atoms with van der Waals surface area (Å²) in [4.78, 5) is 38.1. The zero-order valence-electron chi connectivity index (χ0n) is 21.9. The van der Waals surface area contributed by atoms with Crippen LogP contribution in [0.4, 0.5) is 4.79 Å². The summed E-state index contributed by atoms with van der Waals surface area (Å²) in [6, 6.07) is 0. The van der Waals surface area contributed by atoms with Crippen LogP contribution in [-0.4, -0.2) is 54.1 Å². The number of nitrogens with one attached hydrogen (secondary N) is 2. The first-order valence-corrected chi connectivity index (χ1v) is 14.0. The Morgan fingerprint density at radius 1 is 0.618 bits per heavy atom. The van der Waals surface area contributed by atoms with Crippen molar-refractivity contribution >= 4 is 17.9 Å². The predicted octanol–water partition coefficient (Wildman–Crippen LogP) is 5.73. The van der Waals surface area contributed by atoms with Gasteiger partial charge in [0.1, 0.15) is 0 Å². The molecule has 0 bridgehead atoms. The Kier molecular flexibility index (Phi) is 17.4. The molecule has 34 heavy (non-hydrogen) atoms. The molecule has 0 radical (unpaired) electrons. The molecule has 7 heteroatoms. The van der Waals surface area contributed by atoms with Gasteiger partial charge < -0.3 is 20.6 Å². The Hall–Kier alpha value is -1.79. The molecule has 1 saturated heterocycles. The van der Waals surface area contributed by atoms with Gasteiger partial charge in [-0.1, -0.05) is 104 Å². The van der Waals surface area contributed by atoms with Crippen LogP contribution in [0.3, 0.4) is 0 Å². The van der Waals surface area contributed by atoms with Crippen LogP contribution in [0.1, 0.15) is 117 Å². The van der Waals surface area contributed by atoms with Crippen LogP contribution < -0.4 is 10.6 Å². The van der Waals surface area contributed by atoms with Crippen LogP contribution in [0.15, 0.2) is 0 Å². The Labute approximate surface area is 207 Å². The van der Waals surface area contributed by atoms with E-state index in [1.807, 2.05) is 0 Å². The van der Waals surface area contributed by atoms with Crippen molar-refractivity contribution in [1.29, 1.82) is 0 Å². The number of carboxylic acid groups (broad SMARTS) is 1. The third-order valence-corrected chi connectivity index (χ3v) is 6.92. The highest BCUT2D eigenvalue weighted by Crippen LogP contribution is 2.24. The lowest BCUT2D eigenvalue weighted by Crippen LogP contribution is -2.42. The van der Waals surface area contributed by atoms with E-state index >= 15 is 0 Å². The first kappa shape index (κ1) is 30.2. The largest absolute Gasteiger partial charge is 0.465 e. The monoisotopic (exact) mass is 481 g/mol. The van der Waals surface area contributed by atoms with Crippen LogP contribution in [0.25, 0.3) is 0 Å². The highest BCUT2D eigenvalue weighted by atomic mass is 16.4. The Bertz CT molecular complexity index is 528. The molecule has 1 heterocycles. The molecule has 0 aromatic carbocycles. The van der Waals surface area contributed by atoms with Crippen LogP contribution in [0.2, 0.25) is 0 Å². The van der Waals surface area contributed by atoms with Gasteiger partial charge in [0.25, 0.3) is 0 Å². The van der Waals surface area contributed by atoms with Gasteiger partial charge in [0.05, 0.1) is 11.8 Å². The maximum Gasteiger partial charge on any atom is 0.407 e. The van der Waals surface area contributed by atoms with Gasteiger partial charge in [0.15, 0.2) is 0 Å². The number of likely N-dealkylation sites (tertiary alicyclic amines) is 1. The number of amides is 3. The maximum atomic E-state index is 12.7. The van der Waals surface area contributed by atoms with Crippen molar-refractivity contribution in [3.63, 3.8) is 0 Å². The predicted molar refractivity (Wildman–Crippen MR) is 138 cm³/mol. The molecule has 198 valence electrons. The molecule has 3 N–H and O–H groups in total. The average Bonchev–Trinajstić information content (AvgIpc) is 3.28. The fraction of sp³-hybridized carbons (Fsp3) is 0.889. The van der Waals surface area contributed by atoms with E-state index in [-0.39, 0.29) is 24.9 Å². The fourth-order valence-corrected chi connectivity index (χ4v) is 4.69. The SMILES string of the molecule is CCCCCCCCCCNC(=O)[C@@H]1CN(C(=O)O)C[C@H]1C(=O)NCCCCCCCCCC. The first-order valence-electron chi connectivity index (χ1n) is 14.0. The average molecular weight is 482 g/mol. The number of unbranched alkanes of at least 4 members (excludes halogenated alkanes) is 14. The lowest BCUT2D eigenvalue weighted by Gasteiger charge is -2.17. The molecule has 0 unspecified atom stereocenters. The lowest BCUT2D eigenvalue weighted by molar-refractivity contribution is -0.132. The van der Waals surface area contributed by atoms with E-state index in [1.165, 1.54) is 81.9 Å². The molecule has 0 saturated carbocycles. The van der Waals surface area contributed by atoms with Crippen molar-refractivity contribution < 1.29 is 19.5 Å². The summed E-state index contributed by atoms with van der Waals surface area (Å²) in [5.41, 5.74) is 0. The van der Waals surface area contributed by atoms with Crippen molar-refractivity contribution in [2.45, 2.75) is 117 Å². The molecule has 0 aliphatic carbocycles. The van der Waals surface area contributed by atoms with Gasteiger partial charge in [-0.3, -0.25) is 9.59 Å². The third-order valence-electron chi connectivity index (χ3n) is 6.92. The van der Waals surface area contributed by atoms with E-state index in [9.17, 15) is 19.5 Å². The summed E-state index contributed by atoms with van der Waals surface area (Å²) in [5.74, 6) is -1.61. The van der Waals surface area contributed by atoms with Crippen LogP contribution in [-0.2, 0) is 9.59 Å². The molecule has 0 aromatic rings. The van der Waals surface area contributed by atoms with Gasteiger partial charge in [-0.05, 0) is 12.8 Å². The van der Waals surface area contributed by atoms with Crippen molar-refractivity contribution in [3.8, 4) is 0 Å². The highest BCUT2D eigenvalue weighted by molar-refractivity contribution is 5.89. The fourth-order valence-electron chi connectivity index (χ4n) is 4.69. The van der Waals surface area contributed by atoms with Gasteiger partial charge >= 0.3 is 6.09 Å². The summed E-state index contributed by atoms with van der Waals surface area (Å²) in [5, 5.41) is 15.3. The second-order valence-electron chi connectivity index (χ2n) is 9.93. The first-order chi connectivity index (χ1) is 16.5. The summed E-state index contributed by atoms with van der Waals surface area (Å²) in [6.45, 7) is 5.79. The zero-order chi connectivity index (χ0) is 25.0. The summed E-state index contributed by atoms with van der Waals surface area (Å²) < 4.78 is 0. The third kappa shape index (κ3) is 13.2. The van der Waals surface area contributed by atoms with E-state index in [2.05, 4.69) is 24.5 Å². The van der Waals surface area contributed by atoms with Gasteiger partial charge in [-0.25, -0.2) is 4.79 Å². The molecule has 2 atom stereocenters. The minimum Gasteiger partial charge on any atom is -0.465 e. The molecular formula is C27H51N3O4. The minimum atomic E-state index is -1.07. The quantitative estimate of drug-likeness (QED) is 0.193. The molecule has 1 aliphatic rings. The van der Waals surface area contributed by atoms with E-state index in [4.69, 9.17) is 0 Å². The number of hydrogen-bond acceptors (Lipinski definition) is 3. The van der Waals surface area contributed by atoms with Crippen molar-refractivity contribution in [3.05, 3.63) is 0 Å². The number of nitrogens with zero attached hydrogens (tertiary/aromatic N) is 1. The molecule has 7 nitrogen and oxygen atoms in total. The van der Waals surface area contributed by atoms with Crippen LogP contribution >= 0.6 is 0 Å². The van der Waals surface area contributed by atoms with E-state index in [1.54, 1.807) is 0 Å². The van der Waals surface area contributed by atoms with E-state index < -0.39 is 17.9 Å². The molecule has 0 spiro atoms. The second kappa shape index (κ2) is 19.5. The number of hydrogen-bond donors (Lipinski definition) is 3. The zero-order valence-corrected chi connectivity index (χ0v) is 21.9. The standard InChI is InChI=1S/C27H51N3O4/c1-3-5-7-9-11-13-15-17-19-28-25(31)23-21-30(27(33)34)22-24(23)26(32)29-20-18-16-14-12-10-8-6-4-2/h23-24H,3-22H2,1-2H3,(H,28,31)(H,29,32)(H,33,34)/t23-,24-/m1/s1. The Morgan fingerprint density at radius 2 is 0.941 bits per heavy atom. The summed E-state index contributed by atoms with van der Waals surface area (Å²) >= 11 is 0. The Morgan fingerprint density at radius 3 is 1.26 bits per heavy atom. The lowest BCUT2D eigenvalue weighted by atomic mass is 9.94. The molecule has 1 rings (SSSR count). The topological polar surface area (TPSA) is 98.7 Å². The number of carbonyl (C=O) groups is 3. The highest BCUT2D eigenvalue weighted by Gasteiger charge is 2.43. The maximum absolute atomic E-state index is 12.7. The summed E-state index contributed by atoms with van der Waals surface area (Å²) in [7, 11) is 0. The summed E-state index contributed by atoms with van der Waals surface area (Å²) in [6.07, 6.45) is 18.1. The van der Waals surface area contributed by atoms with E-state index in [0.29, 0.717) is 13.1 Å². The molecular weight excluding hydrogens is 430 g/mol. The number of rotatable bonds is 20. The molecule has 3 amide bonds. The van der Waals surface area contributed by atoms with Crippen molar-refractivity contribution in [2.75, 3.05) is 26.2 Å². The molecule has 0 aromatic heterocycles. The molecule has 1 fully saturated rings. The molecule has 1 aliphatic heterocycles. The smallest absolute Gasteiger partial charge is 0.407 e.